The first-order valence-corrected chi connectivity index (χ1v) is 14.4. The zero-order chi connectivity index (χ0) is 27.8. The smallest absolute Gasteiger partial charge is 0.280 e. The fraction of sp³-hybridized carbons (Fsp3) is 0.310. The van der Waals surface area contributed by atoms with Crippen molar-refractivity contribution in [2.24, 2.45) is 0 Å². The first-order chi connectivity index (χ1) is 19.3. The molecule has 0 radical (unpaired) electrons. The molecule has 1 saturated heterocycles. The predicted octanol–water partition coefficient (Wildman–Crippen LogP) is 3.71. The Hall–Kier alpha value is -3.73. The van der Waals surface area contributed by atoms with Gasteiger partial charge >= 0.3 is 0 Å². The van der Waals surface area contributed by atoms with Crippen molar-refractivity contribution >= 4 is 51.6 Å². The molecule has 0 aliphatic carbocycles. The quantitative estimate of drug-likeness (QED) is 0.335. The molecule has 40 heavy (non-hydrogen) atoms. The van der Waals surface area contributed by atoms with Gasteiger partial charge in [0.15, 0.2) is 5.01 Å². The summed E-state index contributed by atoms with van der Waals surface area (Å²) in [5.41, 5.74) is 2.77. The lowest BCUT2D eigenvalue weighted by molar-refractivity contribution is 0.0628. The first-order valence-electron chi connectivity index (χ1n) is 13.3. The standard InChI is InChI=1S/C29H29ClN6O3S/c1-35-11-9-22-25(16-35)40-28(34-22)27(38)33-24-15-36(29(39)17-5-3-2-4-6-17)12-10-21(24)32-26(37)23-14-18-13-19(30)7-8-20(18)31-23/h2-8,13-14,21,24,31H,9-12,15-16H2,1H3,(H,32,37)(H,33,38). The highest BCUT2D eigenvalue weighted by atomic mass is 35.5. The normalized spacial score (nSPS) is 19.3. The number of rotatable bonds is 5. The maximum Gasteiger partial charge on any atom is 0.280 e. The number of likely N-dealkylation sites (N-methyl/N-ethyl adjacent to an activating group) is 1. The van der Waals surface area contributed by atoms with Crippen molar-refractivity contribution in [3.05, 3.63) is 86.5 Å². The van der Waals surface area contributed by atoms with E-state index in [1.807, 2.05) is 24.3 Å². The lowest BCUT2D eigenvalue weighted by Gasteiger charge is -2.39. The maximum atomic E-state index is 13.4. The second-order valence-corrected chi connectivity index (χ2v) is 11.9. The Morgan fingerprint density at radius 2 is 1.82 bits per heavy atom. The molecule has 2 unspecified atom stereocenters. The van der Waals surface area contributed by atoms with Crippen LogP contribution in [0, 0.1) is 0 Å². The maximum absolute atomic E-state index is 13.4. The zero-order valence-corrected chi connectivity index (χ0v) is 23.5. The van der Waals surface area contributed by atoms with E-state index in [9.17, 15) is 14.4 Å². The van der Waals surface area contributed by atoms with Crippen LogP contribution in [0.25, 0.3) is 10.9 Å². The number of hydrogen-bond donors (Lipinski definition) is 3. The molecule has 11 heteroatoms. The fourth-order valence-electron chi connectivity index (χ4n) is 5.34. The number of piperidine rings is 1. The average Bonchev–Trinajstić information content (AvgIpc) is 3.58. The van der Waals surface area contributed by atoms with E-state index in [0.717, 1.165) is 41.0 Å². The molecular formula is C29H29ClN6O3S. The van der Waals surface area contributed by atoms with E-state index in [1.54, 1.807) is 35.2 Å². The number of benzene rings is 2. The van der Waals surface area contributed by atoms with Gasteiger partial charge in [-0.25, -0.2) is 4.98 Å². The summed E-state index contributed by atoms with van der Waals surface area (Å²) in [7, 11) is 2.05. The van der Waals surface area contributed by atoms with Gasteiger partial charge in [0.25, 0.3) is 17.7 Å². The summed E-state index contributed by atoms with van der Waals surface area (Å²) in [5, 5.41) is 8.02. The van der Waals surface area contributed by atoms with Gasteiger partial charge in [0.2, 0.25) is 0 Å². The van der Waals surface area contributed by atoms with Crippen LogP contribution >= 0.6 is 22.9 Å². The number of aromatic nitrogens is 2. The molecule has 1 fully saturated rings. The van der Waals surface area contributed by atoms with Crippen LogP contribution in [0.5, 0.6) is 0 Å². The summed E-state index contributed by atoms with van der Waals surface area (Å²) in [6, 6.07) is 15.4. The molecule has 3 N–H and O–H groups in total. The molecule has 2 aliphatic rings. The van der Waals surface area contributed by atoms with Crippen molar-refractivity contribution in [1.29, 1.82) is 0 Å². The Balaban J connectivity index is 1.22. The van der Waals surface area contributed by atoms with Gasteiger partial charge in [0.1, 0.15) is 5.69 Å². The van der Waals surface area contributed by atoms with Crippen molar-refractivity contribution in [3.63, 3.8) is 0 Å². The monoisotopic (exact) mass is 576 g/mol. The highest BCUT2D eigenvalue weighted by Gasteiger charge is 2.35. The molecule has 0 bridgehead atoms. The number of hydrogen-bond acceptors (Lipinski definition) is 6. The number of fused-ring (bicyclic) bond motifs is 2. The molecule has 4 aromatic rings. The minimum Gasteiger partial charge on any atom is -0.351 e. The van der Waals surface area contributed by atoms with E-state index in [0.29, 0.717) is 34.3 Å². The molecule has 9 nitrogen and oxygen atoms in total. The van der Waals surface area contributed by atoms with Crippen molar-refractivity contribution < 1.29 is 14.4 Å². The van der Waals surface area contributed by atoms with E-state index < -0.39 is 6.04 Å². The van der Waals surface area contributed by atoms with E-state index in [4.69, 9.17) is 11.6 Å². The van der Waals surface area contributed by atoms with E-state index in [2.05, 4.69) is 32.5 Å². The minimum absolute atomic E-state index is 0.107. The van der Waals surface area contributed by atoms with Crippen molar-refractivity contribution in [1.82, 2.24) is 30.4 Å². The number of halogens is 1. The molecule has 2 aliphatic heterocycles. The van der Waals surface area contributed by atoms with Crippen LogP contribution in [0.4, 0.5) is 0 Å². The number of aromatic amines is 1. The summed E-state index contributed by atoms with van der Waals surface area (Å²) in [5.74, 6) is -0.683. The predicted molar refractivity (Wildman–Crippen MR) is 155 cm³/mol. The molecule has 0 spiro atoms. The number of nitrogens with one attached hydrogen (secondary N) is 3. The zero-order valence-electron chi connectivity index (χ0n) is 21.9. The fourth-order valence-corrected chi connectivity index (χ4v) is 6.61. The number of H-pyrrole nitrogens is 1. The van der Waals surface area contributed by atoms with Crippen LogP contribution in [0.2, 0.25) is 5.02 Å². The molecule has 6 rings (SSSR count). The van der Waals surface area contributed by atoms with Crippen molar-refractivity contribution in [2.75, 3.05) is 26.7 Å². The van der Waals surface area contributed by atoms with Crippen LogP contribution in [-0.2, 0) is 13.0 Å². The molecule has 4 heterocycles. The van der Waals surface area contributed by atoms with E-state index >= 15 is 0 Å². The number of likely N-dealkylation sites (tertiary alicyclic amines) is 1. The van der Waals surface area contributed by atoms with Crippen LogP contribution in [-0.4, -0.2) is 76.3 Å². The molecule has 2 aromatic heterocycles. The summed E-state index contributed by atoms with van der Waals surface area (Å²) >= 11 is 7.52. The van der Waals surface area contributed by atoms with Crippen LogP contribution in [0.1, 0.15) is 47.6 Å². The third kappa shape index (κ3) is 5.47. The molecule has 2 aromatic carbocycles. The van der Waals surface area contributed by atoms with Gasteiger partial charge in [-0.05, 0) is 49.9 Å². The Morgan fingerprint density at radius 3 is 2.65 bits per heavy atom. The van der Waals surface area contributed by atoms with Gasteiger partial charge in [0, 0.05) is 59.0 Å². The third-order valence-corrected chi connectivity index (χ3v) is 8.81. The van der Waals surface area contributed by atoms with E-state index in [1.165, 1.54) is 11.3 Å². The van der Waals surface area contributed by atoms with Gasteiger partial charge < -0.3 is 25.4 Å². The van der Waals surface area contributed by atoms with Crippen LogP contribution in [0.3, 0.4) is 0 Å². The number of carbonyl (C=O) groups excluding carboxylic acids is 3. The van der Waals surface area contributed by atoms with Gasteiger partial charge in [-0.1, -0.05) is 29.8 Å². The topological polar surface area (TPSA) is 110 Å². The van der Waals surface area contributed by atoms with E-state index in [-0.39, 0.29) is 30.3 Å². The number of carbonyl (C=O) groups is 3. The Morgan fingerprint density at radius 1 is 1.02 bits per heavy atom. The molecule has 206 valence electrons. The van der Waals surface area contributed by atoms with Crippen LogP contribution < -0.4 is 10.6 Å². The van der Waals surface area contributed by atoms with Crippen LogP contribution in [0.15, 0.2) is 54.6 Å². The highest BCUT2D eigenvalue weighted by Crippen LogP contribution is 2.25. The third-order valence-electron chi connectivity index (χ3n) is 7.50. The molecule has 3 amide bonds. The lowest BCUT2D eigenvalue weighted by Crippen LogP contribution is -2.61. The average molecular weight is 577 g/mol. The second kappa shape index (κ2) is 11.0. The lowest BCUT2D eigenvalue weighted by atomic mass is 9.97. The Labute approximate surface area is 240 Å². The minimum atomic E-state index is -0.500. The van der Waals surface area contributed by atoms with Crippen molar-refractivity contribution in [2.45, 2.75) is 31.5 Å². The van der Waals surface area contributed by atoms with Gasteiger partial charge in [0.05, 0.1) is 17.8 Å². The SMILES string of the molecule is CN1CCc2nc(C(=O)NC3CN(C(=O)c4ccccc4)CCC3NC(=O)c3cc4cc(Cl)ccc4[nH]3)sc2C1. The summed E-state index contributed by atoms with van der Waals surface area (Å²) < 4.78 is 0. The summed E-state index contributed by atoms with van der Waals surface area (Å²) in [4.78, 5) is 52.7. The summed E-state index contributed by atoms with van der Waals surface area (Å²) in [6.45, 7) is 2.40. The van der Waals surface area contributed by atoms with Crippen molar-refractivity contribution in [3.8, 4) is 0 Å². The van der Waals surface area contributed by atoms with Gasteiger partial charge in [-0.2, -0.15) is 0 Å². The number of amides is 3. The van der Waals surface area contributed by atoms with Gasteiger partial charge in [-0.15, -0.1) is 11.3 Å². The molecular weight excluding hydrogens is 548 g/mol. The Kier molecular flexibility index (Phi) is 7.31. The molecule has 0 saturated carbocycles. The second-order valence-electron chi connectivity index (χ2n) is 10.4. The largest absolute Gasteiger partial charge is 0.351 e. The Bertz CT molecular complexity index is 1590. The molecule has 2 atom stereocenters. The first kappa shape index (κ1) is 26.5. The highest BCUT2D eigenvalue weighted by molar-refractivity contribution is 7.13. The van der Waals surface area contributed by atoms with Gasteiger partial charge in [-0.3, -0.25) is 14.4 Å². The summed E-state index contributed by atoms with van der Waals surface area (Å²) in [6.07, 6.45) is 1.30. The number of nitrogens with zero attached hydrogens (tertiary/aromatic N) is 3. The number of thiazole rings is 1.